The Bertz CT molecular complexity index is 877. The smallest absolute Gasteiger partial charge is 0.255 e. The lowest BCUT2D eigenvalue weighted by molar-refractivity contribution is 0.102. The molecule has 2 aromatic carbocycles. The molecule has 0 heterocycles. The number of anilines is 1. The van der Waals surface area contributed by atoms with E-state index in [2.05, 4.69) is 5.32 Å². The first kappa shape index (κ1) is 19.9. The van der Waals surface area contributed by atoms with E-state index in [1.54, 1.807) is 36.4 Å². The van der Waals surface area contributed by atoms with Gasteiger partial charge in [-0.05, 0) is 42.3 Å². The third-order valence-corrected chi connectivity index (χ3v) is 5.36. The van der Waals surface area contributed by atoms with Crippen molar-refractivity contribution in [3.05, 3.63) is 54.1 Å². The van der Waals surface area contributed by atoms with Gasteiger partial charge in [-0.1, -0.05) is 26.0 Å². The molecule has 0 unspecified atom stereocenters. The van der Waals surface area contributed by atoms with E-state index in [4.69, 9.17) is 4.74 Å². The summed E-state index contributed by atoms with van der Waals surface area (Å²) < 4.78 is 31.2. The Morgan fingerprint density at radius 2 is 1.81 bits per heavy atom. The van der Waals surface area contributed by atoms with Crippen molar-refractivity contribution < 1.29 is 17.9 Å². The van der Waals surface area contributed by atoms with Crippen molar-refractivity contribution in [2.45, 2.75) is 18.7 Å². The van der Waals surface area contributed by atoms with Gasteiger partial charge in [0.05, 0.1) is 11.5 Å². The summed E-state index contributed by atoms with van der Waals surface area (Å²) >= 11 is 0. The van der Waals surface area contributed by atoms with Gasteiger partial charge in [0.2, 0.25) is 10.0 Å². The van der Waals surface area contributed by atoms with Crippen molar-refractivity contribution in [2.24, 2.45) is 5.92 Å². The number of carbonyl (C=O) groups excluding carboxylic acids is 1. The summed E-state index contributed by atoms with van der Waals surface area (Å²) in [6.45, 7) is 4.66. The molecule has 2 aromatic rings. The van der Waals surface area contributed by atoms with E-state index >= 15 is 0 Å². The second-order valence-electron chi connectivity index (χ2n) is 6.50. The number of nitrogens with zero attached hydrogens (tertiary/aromatic N) is 1. The number of hydrogen-bond acceptors (Lipinski definition) is 4. The Morgan fingerprint density at radius 3 is 2.46 bits per heavy atom. The second-order valence-corrected chi connectivity index (χ2v) is 8.65. The highest BCUT2D eigenvalue weighted by Gasteiger charge is 2.18. The number of nitrogens with one attached hydrogen (secondary N) is 1. The summed E-state index contributed by atoms with van der Waals surface area (Å²) in [6, 6.07) is 13.1. The van der Waals surface area contributed by atoms with Crippen LogP contribution in [0.5, 0.6) is 5.75 Å². The zero-order valence-electron chi connectivity index (χ0n) is 15.4. The number of benzene rings is 2. The van der Waals surface area contributed by atoms with Crippen molar-refractivity contribution in [3.8, 4) is 5.75 Å². The normalized spacial score (nSPS) is 11.6. The third-order valence-electron chi connectivity index (χ3n) is 3.55. The van der Waals surface area contributed by atoms with Gasteiger partial charge >= 0.3 is 0 Å². The number of hydrogen-bond donors (Lipinski definition) is 1. The minimum absolute atomic E-state index is 0.120. The van der Waals surface area contributed by atoms with Gasteiger partial charge in [0.15, 0.2) is 0 Å². The number of carbonyl (C=O) groups is 1. The molecular weight excluding hydrogens is 352 g/mol. The van der Waals surface area contributed by atoms with Crippen molar-refractivity contribution >= 4 is 21.6 Å². The lowest BCUT2D eigenvalue weighted by Gasteiger charge is -2.13. The summed E-state index contributed by atoms with van der Waals surface area (Å²) in [5, 5.41) is 2.72. The molecule has 0 aliphatic heterocycles. The highest BCUT2D eigenvalue weighted by Crippen LogP contribution is 2.20. The first-order valence-corrected chi connectivity index (χ1v) is 9.71. The van der Waals surface area contributed by atoms with Gasteiger partial charge in [0.1, 0.15) is 5.75 Å². The minimum Gasteiger partial charge on any atom is -0.493 e. The minimum atomic E-state index is -3.56. The largest absolute Gasteiger partial charge is 0.493 e. The molecule has 0 radical (unpaired) electrons. The molecule has 0 aliphatic rings. The molecule has 140 valence electrons. The van der Waals surface area contributed by atoms with Crippen molar-refractivity contribution in [2.75, 3.05) is 26.0 Å². The highest BCUT2D eigenvalue weighted by atomic mass is 32.2. The van der Waals surface area contributed by atoms with Crippen molar-refractivity contribution in [1.29, 1.82) is 0 Å². The van der Waals surface area contributed by atoms with Crippen LogP contribution in [0.2, 0.25) is 0 Å². The maximum atomic E-state index is 12.5. The van der Waals surface area contributed by atoms with Crippen LogP contribution >= 0.6 is 0 Å². The fraction of sp³-hybridized carbons (Fsp3) is 0.316. The van der Waals surface area contributed by atoms with E-state index in [-0.39, 0.29) is 10.8 Å². The summed E-state index contributed by atoms with van der Waals surface area (Å²) in [6.07, 6.45) is 0. The van der Waals surface area contributed by atoms with E-state index < -0.39 is 10.0 Å². The lowest BCUT2D eigenvalue weighted by Crippen LogP contribution is -2.22. The Labute approximate surface area is 154 Å². The van der Waals surface area contributed by atoms with Gasteiger partial charge < -0.3 is 10.1 Å². The van der Waals surface area contributed by atoms with Gasteiger partial charge in [-0.25, -0.2) is 12.7 Å². The fourth-order valence-corrected chi connectivity index (χ4v) is 3.09. The lowest BCUT2D eigenvalue weighted by atomic mass is 10.2. The van der Waals surface area contributed by atoms with E-state index in [1.807, 2.05) is 13.8 Å². The molecule has 0 saturated heterocycles. The molecule has 1 N–H and O–H groups in total. The Balaban J connectivity index is 2.17. The summed E-state index contributed by atoms with van der Waals surface area (Å²) in [7, 11) is -0.637. The van der Waals surface area contributed by atoms with Crippen LogP contribution < -0.4 is 10.1 Å². The Hall–Kier alpha value is -2.38. The molecule has 0 aliphatic carbocycles. The van der Waals surface area contributed by atoms with E-state index in [0.29, 0.717) is 29.5 Å². The van der Waals surface area contributed by atoms with E-state index in [9.17, 15) is 13.2 Å². The number of rotatable bonds is 7. The maximum absolute atomic E-state index is 12.5. The van der Waals surface area contributed by atoms with Crippen LogP contribution in [-0.2, 0) is 10.0 Å². The molecule has 7 heteroatoms. The van der Waals surface area contributed by atoms with Gasteiger partial charge in [-0.3, -0.25) is 4.79 Å². The molecular formula is C19H24N2O4S. The molecule has 6 nitrogen and oxygen atoms in total. The molecule has 0 aromatic heterocycles. The average molecular weight is 376 g/mol. The first-order valence-electron chi connectivity index (χ1n) is 8.27. The van der Waals surface area contributed by atoms with Crippen LogP contribution in [0.15, 0.2) is 53.4 Å². The predicted molar refractivity (Wildman–Crippen MR) is 102 cm³/mol. The van der Waals surface area contributed by atoms with Gasteiger partial charge in [-0.2, -0.15) is 0 Å². The highest BCUT2D eigenvalue weighted by molar-refractivity contribution is 7.89. The van der Waals surface area contributed by atoms with Gasteiger partial charge in [0.25, 0.3) is 5.91 Å². The topological polar surface area (TPSA) is 75.7 Å². The van der Waals surface area contributed by atoms with Crippen LogP contribution in [0.4, 0.5) is 5.69 Å². The molecule has 0 spiro atoms. The molecule has 26 heavy (non-hydrogen) atoms. The van der Waals surface area contributed by atoms with Crippen molar-refractivity contribution in [1.82, 2.24) is 4.31 Å². The summed E-state index contributed by atoms with van der Waals surface area (Å²) in [5.41, 5.74) is 0.846. The van der Waals surface area contributed by atoms with Crippen LogP contribution in [0, 0.1) is 5.92 Å². The molecule has 2 rings (SSSR count). The van der Waals surface area contributed by atoms with E-state index in [0.717, 1.165) is 4.31 Å². The average Bonchev–Trinajstić information content (AvgIpc) is 2.60. The zero-order chi connectivity index (χ0) is 19.3. The summed E-state index contributed by atoms with van der Waals surface area (Å²) in [5.74, 6) is 0.670. The summed E-state index contributed by atoms with van der Waals surface area (Å²) in [4.78, 5) is 12.6. The maximum Gasteiger partial charge on any atom is 0.255 e. The quantitative estimate of drug-likeness (QED) is 0.805. The monoisotopic (exact) mass is 376 g/mol. The molecule has 0 atom stereocenters. The van der Waals surface area contributed by atoms with Gasteiger partial charge in [-0.15, -0.1) is 0 Å². The molecule has 0 bridgehead atoms. The standard InChI is InChI=1S/C19H24N2O4S/c1-14(2)13-25-17-9-5-7-15(11-17)19(22)20-16-8-6-10-18(12-16)26(23,24)21(3)4/h5-12,14H,13H2,1-4H3,(H,20,22). The Morgan fingerprint density at radius 1 is 1.12 bits per heavy atom. The molecule has 0 fully saturated rings. The third kappa shape index (κ3) is 5.06. The van der Waals surface area contributed by atoms with Crippen LogP contribution in [0.1, 0.15) is 24.2 Å². The van der Waals surface area contributed by atoms with Crippen LogP contribution in [0.3, 0.4) is 0 Å². The number of amides is 1. The predicted octanol–water partition coefficient (Wildman–Crippen LogP) is 3.22. The van der Waals surface area contributed by atoms with Gasteiger partial charge in [0, 0.05) is 25.3 Å². The van der Waals surface area contributed by atoms with Crippen LogP contribution in [-0.4, -0.2) is 39.3 Å². The zero-order valence-corrected chi connectivity index (χ0v) is 16.2. The SMILES string of the molecule is CC(C)COc1cccc(C(=O)Nc2cccc(S(=O)(=O)N(C)C)c2)c1. The Kier molecular flexibility index (Phi) is 6.39. The number of ether oxygens (including phenoxy) is 1. The number of sulfonamides is 1. The molecule has 0 saturated carbocycles. The van der Waals surface area contributed by atoms with Crippen LogP contribution in [0.25, 0.3) is 0 Å². The van der Waals surface area contributed by atoms with E-state index in [1.165, 1.54) is 26.2 Å². The first-order chi connectivity index (χ1) is 12.2. The van der Waals surface area contributed by atoms with Crippen molar-refractivity contribution in [3.63, 3.8) is 0 Å². The second kappa shape index (κ2) is 8.33. The fourth-order valence-electron chi connectivity index (χ4n) is 2.14. The molecule has 1 amide bonds.